The van der Waals surface area contributed by atoms with Crippen LogP contribution in [-0.4, -0.2) is 40.6 Å². The van der Waals surface area contributed by atoms with Crippen LogP contribution < -0.4 is 14.2 Å². The van der Waals surface area contributed by atoms with E-state index < -0.39 is 10.0 Å². The van der Waals surface area contributed by atoms with Crippen molar-refractivity contribution in [2.24, 2.45) is 0 Å². The molecule has 0 aliphatic carbocycles. The second kappa shape index (κ2) is 8.73. The highest BCUT2D eigenvalue weighted by Crippen LogP contribution is 2.30. The van der Waals surface area contributed by atoms with E-state index in [-0.39, 0.29) is 11.4 Å². The maximum Gasteiger partial charge on any atom is 0.243 e. The number of methoxy groups -OCH3 is 2. The fraction of sp³-hybridized carbons (Fsp3) is 0.263. The predicted molar refractivity (Wildman–Crippen MR) is 100 cm³/mol. The third-order valence-electron chi connectivity index (χ3n) is 3.76. The topological polar surface area (TPSA) is 65.1 Å². The van der Waals surface area contributed by atoms with Crippen molar-refractivity contribution in [1.82, 2.24) is 4.31 Å². The molecule has 0 unspecified atom stereocenters. The summed E-state index contributed by atoms with van der Waals surface area (Å²) in [5.41, 5.74) is 0.850. The molecule has 0 atom stereocenters. The number of rotatable bonds is 9. The van der Waals surface area contributed by atoms with Crippen LogP contribution in [0.5, 0.6) is 17.2 Å². The lowest BCUT2D eigenvalue weighted by molar-refractivity contribution is 0.353. The lowest BCUT2D eigenvalue weighted by Gasteiger charge is -2.18. The summed E-state index contributed by atoms with van der Waals surface area (Å²) >= 11 is 0. The van der Waals surface area contributed by atoms with Crippen molar-refractivity contribution in [1.29, 1.82) is 0 Å². The fourth-order valence-corrected chi connectivity index (χ4v) is 3.52. The van der Waals surface area contributed by atoms with E-state index in [0.29, 0.717) is 23.9 Å². The van der Waals surface area contributed by atoms with Crippen molar-refractivity contribution in [2.45, 2.75) is 11.4 Å². The molecule has 2 rings (SSSR count). The Balaban J connectivity index is 2.17. The predicted octanol–water partition coefficient (Wildman–Crippen LogP) is 3.09. The molecule has 0 saturated heterocycles. The molecule has 0 aliphatic heterocycles. The molecule has 0 amide bonds. The number of sulfonamides is 1. The third kappa shape index (κ3) is 4.56. The Bertz CT molecular complexity index is 847. The fourth-order valence-electron chi connectivity index (χ4n) is 2.35. The normalized spacial score (nSPS) is 11.2. The molecule has 6 nitrogen and oxygen atoms in total. The van der Waals surface area contributed by atoms with E-state index in [2.05, 4.69) is 6.58 Å². The summed E-state index contributed by atoms with van der Waals surface area (Å²) in [7, 11) is 0.837. The van der Waals surface area contributed by atoms with Crippen LogP contribution in [0.25, 0.3) is 0 Å². The number of hydrogen-bond donors (Lipinski definition) is 0. The maximum atomic E-state index is 12.8. The first-order valence-electron chi connectivity index (χ1n) is 7.93. The van der Waals surface area contributed by atoms with Crippen molar-refractivity contribution < 1.29 is 22.6 Å². The number of nitrogens with zero attached hydrogens (tertiary/aromatic N) is 1. The minimum atomic E-state index is -3.67. The second-order valence-electron chi connectivity index (χ2n) is 5.52. The molecule has 2 aromatic carbocycles. The Hall–Kier alpha value is -2.51. The van der Waals surface area contributed by atoms with Gasteiger partial charge < -0.3 is 14.2 Å². The lowest BCUT2D eigenvalue weighted by atomic mass is 10.2. The molecule has 0 aromatic heterocycles. The Morgan fingerprint density at radius 2 is 1.69 bits per heavy atom. The Morgan fingerprint density at radius 3 is 2.27 bits per heavy atom. The molecule has 0 saturated carbocycles. The molecule has 2 aromatic rings. The van der Waals surface area contributed by atoms with Gasteiger partial charge in [0.05, 0.1) is 19.1 Å². The van der Waals surface area contributed by atoms with Crippen LogP contribution >= 0.6 is 0 Å². The zero-order chi connectivity index (χ0) is 19.2. The molecule has 0 bridgehead atoms. The van der Waals surface area contributed by atoms with Gasteiger partial charge in [0.25, 0.3) is 0 Å². The molecular weight excluding hydrogens is 354 g/mol. The van der Waals surface area contributed by atoms with E-state index in [0.717, 1.165) is 5.56 Å². The van der Waals surface area contributed by atoms with Gasteiger partial charge in [-0.3, -0.25) is 0 Å². The van der Waals surface area contributed by atoms with Crippen LogP contribution in [-0.2, 0) is 16.6 Å². The first-order chi connectivity index (χ1) is 12.4. The summed E-state index contributed by atoms with van der Waals surface area (Å²) in [5.74, 6) is 1.55. The van der Waals surface area contributed by atoms with E-state index in [1.54, 1.807) is 24.3 Å². The number of hydrogen-bond acceptors (Lipinski definition) is 5. The van der Waals surface area contributed by atoms with Gasteiger partial charge in [-0.1, -0.05) is 24.8 Å². The summed E-state index contributed by atoms with van der Waals surface area (Å²) in [5, 5.41) is 0. The van der Waals surface area contributed by atoms with Gasteiger partial charge in [-0.15, -0.1) is 0 Å². The summed E-state index contributed by atoms with van der Waals surface area (Å²) in [6.07, 6.45) is 1.66. The minimum Gasteiger partial charge on any atom is -0.493 e. The first-order valence-corrected chi connectivity index (χ1v) is 9.37. The first kappa shape index (κ1) is 19.8. The van der Waals surface area contributed by atoms with Gasteiger partial charge in [0.1, 0.15) is 12.4 Å². The van der Waals surface area contributed by atoms with Gasteiger partial charge in [-0.05, 0) is 29.8 Å². The van der Waals surface area contributed by atoms with E-state index in [9.17, 15) is 8.42 Å². The van der Waals surface area contributed by atoms with Gasteiger partial charge >= 0.3 is 0 Å². The van der Waals surface area contributed by atoms with Crippen LogP contribution in [0.1, 0.15) is 5.56 Å². The average molecular weight is 377 g/mol. The van der Waals surface area contributed by atoms with Crippen LogP contribution in [0.4, 0.5) is 0 Å². The zero-order valence-corrected chi connectivity index (χ0v) is 16.0. The summed E-state index contributed by atoms with van der Waals surface area (Å²) < 4.78 is 42.7. The van der Waals surface area contributed by atoms with Crippen molar-refractivity contribution in [3.63, 3.8) is 0 Å². The molecule has 26 heavy (non-hydrogen) atoms. The van der Waals surface area contributed by atoms with Crippen LogP contribution in [0.2, 0.25) is 0 Å². The van der Waals surface area contributed by atoms with Gasteiger partial charge in [0, 0.05) is 19.7 Å². The molecule has 140 valence electrons. The van der Waals surface area contributed by atoms with Crippen molar-refractivity contribution >= 4 is 10.0 Å². The molecule has 0 heterocycles. The van der Waals surface area contributed by atoms with Gasteiger partial charge in [0.2, 0.25) is 10.0 Å². The summed E-state index contributed by atoms with van der Waals surface area (Å²) in [6, 6.07) is 11.8. The van der Waals surface area contributed by atoms with Crippen molar-refractivity contribution in [2.75, 3.05) is 27.9 Å². The molecule has 7 heteroatoms. The molecule has 0 radical (unpaired) electrons. The quantitative estimate of drug-likeness (QED) is 0.629. The average Bonchev–Trinajstić information content (AvgIpc) is 2.66. The third-order valence-corrected chi connectivity index (χ3v) is 5.56. The van der Waals surface area contributed by atoms with E-state index in [4.69, 9.17) is 14.2 Å². The summed E-state index contributed by atoms with van der Waals surface area (Å²) in [4.78, 5) is 0.142. The van der Waals surface area contributed by atoms with E-state index >= 15 is 0 Å². The number of benzene rings is 2. The Morgan fingerprint density at radius 1 is 1.04 bits per heavy atom. The molecule has 0 fully saturated rings. The SMILES string of the molecule is C=CCOc1ccc(CN(C)S(=O)(=O)c2ccc(OC)c(OC)c2)cc1. The standard InChI is InChI=1S/C19H23NO5S/c1-5-12-25-16-8-6-15(7-9-16)14-20(2)26(21,22)17-10-11-18(23-3)19(13-17)24-4/h5-11,13H,1,12,14H2,2-4H3. The van der Waals surface area contributed by atoms with Crippen molar-refractivity contribution in [3.05, 3.63) is 60.7 Å². The second-order valence-corrected chi connectivity index (χ2v) is 7.57. The summed E-state index contributed by atoms with van der Waals surface area (Å²) in [6.45, 7) is 4.25. The molecule has 0 aliphatic rings. The zero-order valence-electron chi connectivity index (χ0n) is 15.1. The molecule has 0 spiro atoms. The highest BCUT2D eigenvalue weighted by atomic mass is 32.2. The Labute approximate surface area is 154 Å². The van der Waals surface area contributed by atoms with Crippen LogP contribution in [0.15, 0.2) is 60.0 Å². The highest BCUT2D eigenvalue weighted by Gasteiger charge is 2.22. The number of ether oxygens (including phenoxy) is 3. The lowest BCUT2D eigenvalue weighted by Crippen LogP contribution is -2.26. The largest absolute Gasteiger partial charge is 0.493 e. The minimum absolute atomic E-state index is 0.142. The van der Waals surface area contributed by atoms with E-state index in [1.165, 1.54) is 37.7 Å². The van der Waals surface area contributed by atoms with Gasteiger partial charge in [0.15, 0.2) is 11.5 Å². The van der Waals surface area contributed by atoms with Crippen LogP contribution in [0, 0.1) is 0 Å². The van der Waals surface area contributed by atoms with Gasteiger partial charge in [-0.25, -0.2) is 8.42 Å². The molecular formula is C19H23NO5S. The van der Waals surface area contributed by atoms with E-state index in [1.807, 2.05) is 12.1 Å². The van der Waals surface area contributed by atoms with Gasteiger partial charge in [-0.2, -0.15) is 4.31 Å². The van der Waals surface area contributed by atoms with Crippen LogP contribution in [0.3, 0.4) is 0 Å². The smallest absolute Gasteiger partial charge is 0.243 e. The molecule has 0 N–H and O–H groups in total. The highest BCUT2D eigenvalue weighted by molar-refractivity contribution is 7.89. The Kier molecular flexibility index (Phi) is 6.65. The monoisotopic (exact) mass is 377 g/mol. The maximum absolute atomic E-state index is 12.8. The van der Waals surface area contributed by atoms with Crippen molar-refractivity contribution in [3.8, 4) is 17.2 Å².